The molecule has 0 aromatic rings. The normalized spacial score (nSPS) is 27.2. The summed E-state index contributed by atoms with van der Waals surface area (Å²) in [5.41, 5.74) is 0. The van der Waals surface area contributed by atoms with Gasteiger partial charge in [0, 0.05) is 12.6 Å². The van der Waals surface area contributed by atoms with Gasteiger partial charge in [-0.2, -0.15) is 0 Å². The molecular formula is C11H21NO. The monoisotopic (exact) mass is 183 g/mol. The SMILES string of the molecule is CCOC(C1CC1)C(NC)C1CC1. The van der Waals surface area contributed by atoms with Crippen molar-refractivity contribution in [2.24, 2.45) is 11.8 Å². The van der Waals surface area contributed by atoms with Crippen LogP contribution in [0.1, 0.15) is 32.6 Å². The second kappa shape index (κ2) is 3.97. The molecule has 2 rings (SSSR count). The number of ether oxygens (including phenoxy) is 1. The van der Waals surface area contributed by atoms with Gasteiger partial charge in [-0.3, -0.25) is 0 Å². The maximum absolute atomic E-state index is 5.86. The molecule has 2 unspecified atom stereocenters. The Hall–Kier alpha value is -0.0800. The first-order valence-corrected chi connectivity index (χ1v) is 5.65. The van der Waals surface area contributed by atoms with Gasteiger partial charge in [-0.15, -0.1) is 0 Å². The van der Waals surface area contributed by atoms with E-state index in [0.29, 0.717) is 12.1 Å². The average molecular weight is 183 g/mol. The van der Waals surface area contributed by atoms with E-state index in [0.717, 1.165) is 18.4 Å². The van der Waals surface area contributed by atoms with Crippen molar-refractivity contribution in [1.29, 1.82) is 0 Å². The van der Waals surface area contributed by atoms with Gasteiger partial charge in [-0.1, -0.05) is 0 Å². The molecule has 0 amide bonds. The van der Waals surface area contributed by atoms with Gasteiger partial charge >= 0.3 is 0 Å². The zero-order valence-corrected chi connectivity index (χ0v) is 8.75. The lowest BCUT2D eigenvalue weighted by molar-refractivity contribution is 0.0154. The van der Waals surface area contributed by atoms with Gasteiger partial charge in [-0.05, 0) is 51.5 Å². The molecule has 2 fully saturated rings. The molecule has 0 aromatic heterocycles. The van der Waals surface area contributed by atoms with E-state index in [4.69, 9.17) is 4.74 Å². The van der Waals surface area contributed by atoms with Crippen LogP contribution in [0.3, 0.4) is 0 Å². The summed E-state index contributed by atoms with van der Waals surface area (Å²) in [5, 5.41) is 3.45. The molecule has 13 heavy (non-hydrogen) atoms. The summed E-state index contributed by atoms with van der Waals surface area (Å²) < 4.78 is 5.86. The first-order chi connectivity index (χ1) is 6.36. The number of hydrogen-bond donors (Lipinski definition) is 1. The molecule has 2 nitrogen and oxygen atoms in total. The second-order valence-corrected chi connectivity index (χ2v) is 4.41. The lowest BCUT2D eigenvalue weighted by atomic mass is 10.0. The van der Waals surface area contributed by atoms with E-state index in [2.05, 4.69) is 19.3 Å². The highest BCUT2D eigenvalue weighted by Gasteiger charge is 2.43. The third kappa shape index (κ3) is 2.23. The lowest BCUT2D eigenvalue weighted by Crippen LogP contribution is -2.42. The van der Waals surface area contributed by atoms with E-state index < -0.39 is 0 Å². The molecule has 1 N–H and O–H groups in total. The van der Waals surface area contributed by atoms with Crippen LogP contribution in [0, 0.1) is 11.8 Å². The molecule has 76 valence electrons. The molecule has 0 aromatic carbocycles. The predicted molar refractivity (Wildman–Crippen MR) is 53.7 cm³/mol. The molecule has 0 saturated heterocycles. The Morgan fingerprint density at radius 3 is 2.23 bits per heavy atom. The first kappa shape index (κ1) is 9.47. The van der Waals surface area contributed by atoms with Gasteiger partial charge in [-0.25, -0.2) is 0 Å². The summed E-state index contributed by atoms with van der Waals surface area (Å²) in [6.07, 6.45) is 6.08. The van der Waals surface area contributed by atoms with Crippen LogP contribution < -0.4 is 5.32 Å². The van der Waals surface area contributed by atoms with Gasteiger partial charge in [0.25, 0.3) is 0 Å². The zero-order chi connectivity index (χ0) is 9.26. The molecule has 2 aliphatic rings. The van der Waals surface area contributed by atoms with Gasteiger partial charge < -0.3 is 10.1 Å². The fraction of sp³-hybridized carbons (Fsp3) is 1.00. The molecule has 2 saturated carbocycles. The molecule has 0 spiro atoms. The van der Waals surface area contributed by atoms with Gasteiger partial charge in [0.2, 0.25) is 0 Å². The van der Waals surface area contributed by atoms with Crippen LogP contribution in [0.25, 0.3) is 0 Å². The highest BCUT2D eigenvalue weighted by Crippen LogP contribution is 2.42. The van der Waals surface area contributed by atoms with E-state index in [1.807, 2.05) is 0 Å². The molecule has 0 heterocycles. The zero-order valence-electron chi connectivity index (χ0n) is 8.75. The van der Waals surface area contributed by atoms with Crippen LogP contribution in [0.5, 0.6) is 0 Å². The maximum Gasteiger partial charge on any atom is 0.0758 e. The number of likely N-dealkylation sites (N-methyl/N-ethyl adjacent to an activating group) is 1. The van der Waals surface area contributed by atoms with E-state index in [-0.39, 0.29) is 0 Å². The molecule has 2 heteroatoms. The molecule has 2 atom stereocenters. The van der Waals surface area contributed by atoms with E-state index in [1.54, 1.807) is 0 Å². The highest BCUT2D eigenvalue weighted by atomic mass is 16.5. The second-order valence-electron chi connectivity index (χ2n) is 4.41. The van der Waals surface area contributed by atoms with E-state index >= 15 is 0 Å². The Balaban J connectivity index is 1.90. The van der Waals surface area contributed by atoms with Crippen molar-refractivity contribution in [3.8, 4) is 0 Å². The molecule has 2 aliphatic carbocycles. The Kier molecular flexibility index (Phi) is 2.89. The summed E-state index contributed by atoms with van der Waals surface area (Å²) >= 11 is 0. The summed E-state index contributed by atoms with van der Waals surface area (Å²) in [6.45, 7) is 2.97. The Bertz CT molecular complexity index is 163. The van der Waals surface area contributed by atoms with Crippen LogP contribution in [-0.2, 0) is 4.74 Å². The van der Waals surface area contributed by atoms with Gasteiger partial charge in [0.15, 0.2) is 0 Å². The maximum atomic E-state index is 5.86. The first-order valence-electron chi connectivity index (χ1n) is 5.65. The Morgan fingerprint density at radius 1 is 1.23 bits per heavy atom. The van der Waals surface area contributed by atoms with E-state index in [9.17, 15) is 0 Å². The minimum absolute atomic E-state index is 0.502. The minimum Gasteiger partial charge on any atom is -0.377 e. The van der Waals surface area contributed by atoms with Crippen molar-refractivity contribution in [3.05, 3.63) is 0 Å². The van der Waals surface area contributed by atoms with Crippen molar-refractivity contribution in [3.63, 3.8) is 0 Å². The van der Waals surface area contributed by atoms with Crippen LogP contribution in [0.2, 0.25) is 0 Å². The highest BCUT2D eigenvalue weighted by molar-refractivity contribution is 4.97. The van der Waals surface area contributed by atoms with Crippen molar-refractivity contribution in [2.45, 2.75) is 44.8 Å². The molecule has 0 radical (unpaired) electrons. The summed E-state index contributed by atoms with van der Waals surface area (Å²) in [5.74, 6) is 1.76. The minimum atomic E-state index is 0.502. The van der Waals surface area contributed by atoms with Crippen LogP contribution >= 0.6 is 0 Å². The van der Waals surface area contributed by atoms with Crippen molar-refractivity contribution >= 4 is 0 Å². The van der Waals surface area contributed by atoms with Gasteiger partial charge in [0.05, 0.1) is 6.10 Å². The summed E-state index contributed by atoms with van der Waals surface area (Å²) in [4.78, 5) is 0. The summed E-state index contributed by atoms with van der Waals surface area (Å²) in [6, 6.07) is 0.632. The summed E-state index contributed by atoms with van der Waals surface area (Å²) in [7, 11) is 2.08. The molecule has 0 bridgehead atoms. The van der Waals surface area contributed by atoms with Crippen molar-refractivity contribution < 1.29 is 4.74 Å². The largest absolute Gasteiger partial charge is 0.377 e. The number of rotatable bonds is 6. The molecular weight excluding hydrogens is 162 g/mol. The standard InChI is InChI=1S/C11H21NO/c1-3-13-11(9-6-7-9)10(12-2)8-4-5-8/h8-12H,3-7H2,1-2H3. The smallest absolute Gasteiger partial charge is 0.0758 e. The third-order valence-electron chi connectivity index (χ3n) is 3.26. The fourth-order valence-corrected chi connectivity index (χ4v) is 2.27. The Labute approximate surface area is 81.0 Å². The van der Waals surface area contributed by atoms with Crippen LogP contribution in [0.4, 0.5) is 0 Å². The quantitative estimate of drug-likeness (QED) is 0.678. The molecule has 0 aliphatic heterocycles. The number of hydrogen-bond acceptors (Lipinski definition) is 2. The third-order valence-corrected chi connectivity index (χ3v) is 3.26. The topological polar surface area (TPSA) is 21.3 Å². The predicted octanol–water partition coefficient (Wildman–Crippen LogP) is 1.80. The average Bonchev–Trinajstić information content (AvgIpc) is 2.98. The fourth-order valence-electron chi connectivity index (χ4n) is 2.27. The van der Waals surface area contributed by atoms with Crippen molar-refractivity contribution in [2.75, 3.05) is 13.7 Å². The number of nitrogens with one attached hydrogen (secondary N) is 1. The van der Waals surface area contributed by atoms with Crippen LogP contribution in [0.15, 0.2) is 0 Å². The van der Waals surface area contributed by atoms with Crippen LogP contribution in [-0.4, -0.2) is 25.8 Å². The lowest BCUT2D eigenvalue weighted by Gasteiger charge is -2.26. The van der Waals surface area contributed by atoms with Crippen molar-refractivity contribution in [1.82, 2.24) is 5.32 Å². The Morgan fingerprint density at radius 2 is 1.85 bits per heavy atom. The van der Waals surface area contributed by atoms with Gasteiger partial charge in [0.1, 0.15) is 0 Å². The van der Waals surface area contributed by atoms with E-state index in [1.165, 1.54) is 25.7 Å².